The standard InChI is InChI=1S/C21H18FN3O4/c1-25-12-15(18(24-25)14-9-5-6-10-16(14)22)20(27)23-17(19(26)21(28)29)11-13-7-3-2-4-8-13/h2-10,12,17H,11H2,1H3,(H,23,27)(H,28,29). The summed E-state index contributed by atoms with van der Waals surface area (Å²) in [7, 11) is 1.57. The summed E-state index contributed by atoms with van der Waals surface area (Å²) in [5.74, 6) is -4.06. The Hall–Kier alpha value is -3.81. The molecule has 0 spiro atoms. The van der Waals surface area contributed by atoms with Gasteiger partial charge in [0.1, 0.15) is 17.6 Å². The molecule has 1 aromatic heterocycles. The van der Waals surface area contributed by atoms with Crippen LogP contribution in [0.1, 0.15) is 15.9 Å². The van der Waals surface area contributed by atoms with E-state index >= 15 is 0 Å². The van der Waals surface area contributed by atoms with E-state index in [1.165, 1.54) is 29.1 Å². The van der Waals surface area contributed by atoms with Crippen molar-refractivity contribution >= 4 is 17.7 Å². The van der Waals surface area contributed by atoms with E-state index in [2.05, 4.69) is 10.4 Å². The Morgan fingerprint density at radius 1 is 1.10 bits per heavy atom. The third-order valence-corrected chi connectivity index (χ3v) is 4.32. The molecule has 0 aliphatic heterocycles. The molecule has 1 heterocycles. The maximum absolute atomic E-state index is 14.2. The second-order valence-electron chi connectivity index (χ2n) is 6.43. The lowest BCUT2D eigenvalue weighted by molar-refractivity contribution is -0.149. The number of hydrogen-bond donors (Lipinski definition) is 2. The number of rotatable bonds is 7. The number of amides is 1. The number of carbonyl (C=O) groups is 3. The van der Waals surface area contributed by atoms with Gasteiger partial charge in [-0.3, -0.25) is 14.3 Å². The highest BCUT2D eigenvalue weighted by Crippen LogP contribution is 2.24. The molecule has 0 aliphatic carbocycles. The van der Waals surface area contributed by atoms with Gasteiger partial charge >= 0.3 is 5.97 Å². The molecule has 148 valence electrons. The first-order chi connectivity index (χ1) is 13.9. The molecule has 0 bridgehead atoms. The summed E-state index contributed by atoms with van der Waals surface area (Å²) in [4.78, 5) is 36.2. The molecular weight excluding hydrogens is 377 g/mol. The summed E-state index contributed by atoms with van der Waals surface area (Å²) < 4.78 is 15.5. The van der Waals surface area contributed by atoms with Crippen molar-refractivity contribution in [1.82, 2.24) is 15.1 Å². The Labute approximate surface area is 165 Å². The minimum Gasteiger partial charge on any atom is -0.475 e. The Morgan fingerprint density at radius 3 is 2.41 bits per heavy atom. The van der Waals surface area contributed by atoms with Gasteiger partial charge in [-0.1, -0.05) is 42.5 Å². The first kappa shape index (κ1) is 19.9. The van der Waals surface area contributed by atoms with Gasteiger partial charge in [0.25, 0.3) is 11.7 Å². The van der Waals surface area contributed by atoms with Crippen LogP contribution in [0.25, 0.3) is 11.3 Å². The number of carboxylic acids is 1. The van der Waals surface area contributed by atoms with E-state index in [4.69, 9.17) is 5.11 Å². The van der Waals surface area contributed by atoms with Gasteiger partial charge in [0.15, 0.2) is 0 Å². The normalized spacial score (nSPS) is 11.7. The van der Waals surface area contributed by atoms with Gasteiger partial charge in [0.05, 0.1) is 5.56 Å². The van der Waals surface area contributed by atoms with Crippen LogP contribution in [0.5, 0.6) is 0 Å². The Kier molecular flexibility index (Phi) is 5.82. The van der Waals surface area contributed by atoms with Crippen LogP contribution in [-0.4, -0.2) is 38.6 Å². The minimum absolute atomic E-state index is 0.00695. The lowest BCUT2D eigenvalue weighted by Gasteiger charge is -2.16. The second-order valence-corrected chi connectivity index (χ2v) is 6.43. The fourth-order valence-corrected chi connectivity index (χ4v) is 2.95. The maximum atomic E-state index is 14.2. The summed E-state index contributed by atoms with van der Waals surface area (Å²) in [5, 5.41) is 15.7. The molecule has 7 nitrogen and oxygen atoms in total. The van der Waals surface area contributed by atoms with E-state index in [1.54, 1.807) is 43.4 Å². The monoisotopic (exact) mass is 395 g/mol. The third-order valence-electron chi connectivity index (χ3n) is 4.32. The second kappa shape index (κ2) is 8.47. The lowest BCUT2D eigenvalue weighted by atomic mass is 10.0. The molecule has 3 rings (SSSR count). The van der Waals surface area contributed by atoms with Crippen molar-refractivity contribution in [3.05, 3.63) is 77.7 Å². The number of benzene rings is 2. The smallest absolute Gasteiger partial charge is 0.374 e. The summed E-state index contributed by atoms with van der Waals surface area (Å²) in [6, 6.07) is 13.3. The number of aromatic nitrogens is 2. The van der Waals surface area contributed by atoms with Gasteiger partial charge in [0.2, 0.25) is 0 Å². The number of nitrogens with one attached hydrogen (secondary N) is 1. The number of carbonyl (C=O) groups excluding carboxylic acids is 2. The summed E-state index contributed by atoms with van der Waals surface area (Å²) >= 11 is 0. The highest BCUT2D eigenvalue weighted by molar-refractivity contribution is 6.35. The van der Waals surface area contributed by atoms with Crippen LogP contribution in [0.15, 0.2) is 60.8 Å². The van der Waals surface area contributed by atoms with Crippen LogP contribution in [0.2, 0.25) is 0 Å². The van der Waals surface area contributed by atoms with Crippen molar-refractivity contribution < 1.29 is 23.9 Å². The average molecular weight is 395 g/mol. The highest BCUT2D eigenvalue weighted by Gasteiger charge is 2.29. The molecule has 3 aromatic rings. The predicted octanol–water partition coefficient (Wildman–Crippen LogP) is 2.22. The van der Waals surface area contributed by atoms with E-state index in [0.29, 0.717) is 5.56 Å². The van der Waals surface area contributed by atoms with Gasteiger partial charge < -0.3 is 10.4 Å². The van der Waals surface area contributed by atoms with Crippen molar-refractivity contribution in [3.8, 4) is 11.3 Å². The third kappa shape index (κ3) is 4.55. The number of halogens is 1. The molecule has 0 aliphatic rings. The molecule has 0 radical (unpaired) electrons. The first-order valence-electron chi connectivity index (χ1n) is 8.77. The zero-order valence-corrected chi connectivity index (χ0v) is 15.5. The Balaban J connectivity index is 1.91. The molecule has 0 saturated carbocycles. The predicted molar refractivity (Wildman–Crippen MR) is 103 cm³/mol. The van der Waals surface area contributed by atoms with Crippen LogP contribution in [0.4, 0.5) is 4.39 Å². The van der Waals surface area contributed by atoms with E-state index in [0.717, 1.165) is 0 Å². The number of carboxylic acid groups (broad SMARTS) is 1. The molecule has 8 heteroatoms. The molecule has 0 fully saturated rings. The maximum Gasteiger partial charge on any atom is 0.374 e. The van der Waals surface area contributed by atoms with Crippen molar-refractivity contribution in [2.24, 2.45) is 7.05 Å². The van der Waals surface area contributed by atoms with E-state index < -0.39 is 29.5 Å². The number of aryl methyl sites for hydroxylation is 1. The minimum atomic E-state index is -1.65. The summed E-state index contributed by atoms with van der Waals surface area (Å²) in [6.07, 6.45) is 1.40. The van der Waals surface area contributed by atoms with E-state index in [9.17, 15) is 18.8 Å². The molecule has 1 atom stereocenters. The SMILES string of the molecule is Cn1cc(C(=O)NC(Cc2ccccc2)C(=O)C(=O)O)c(-c2ccccc2F)n1. The molecule has 1 unspecified atom stereocenters. The largest absolute Gasteiger partial charge is 0.475 e. The van der Waals surface area contributed by atoms with Crippen molar-refractivity contribution in [2.75, 3.05) is 0 Å². The molecule has 2 N–H and O–H groups in total. The quantitative estimate of drug-likeness (QED) is 0.598. The number of nitrogens with zero attached hydrogens (tertiary/aromatic N) is 2. The first-order valence-corrected chi connectivity index (χ1v) is 8.77. The topological polar surface area (TPSA) is 101 Å². The van der Waals surface area contributed by atoms with Crippen LogP contribution in [-0.2, 0) is 23.1 Å². The summed E-state index contributed by atoms with van der Waals surface area (Å²) in [6.45, 7) is 0. The number of ketones is 1. The van der Waals surface area contributed by atoms with Crippen LogP contribution in [0.3, 0.4) is 0 Å². The van der Waals surface area contributed by atoms with Gasteiger partial charge in [-0.25, -0.2) is 9.18 Å². The van der Waals surface area contributed by atoms with Gasteiger partial charge in [-0.2, -0.15) is 5.10 Å². The van der Waals surface area contributed by atoms with Crippen molar-refractivity contribution in [3.63, 3.8) is 0 Å². The molecular formula is C21H18FN3O4. The van der Waals surface area contributed by atoms with Crippen LogP contribution >= 0.6 is 0 Å². The summed E-state index contributed by atoms with van der Waals surface area (Å²) in [5.41, 5.74) is 0.952. The molecule has 1 amide bonds. The molecule has 0 saturated heterocycles. The molecule has 2 aromatic carbocycles. The van der Waals surface area contributed by atoms with E-state index in [-0.39, 0.29) is 23.2 Å². The average Bonchev–Trinajstić information content (AvgIpc) is 3.09. The highest BCUT2D eigenvalue weighted by atomic mass is 19.1. The van der Waals surface area contributed by atoms with Crippen LogP contribution in [0, 0.1) is 5.82 Å². The van der Waals surface area contributed by atoms with Crippen LogP contribution < -0.4 is 5.32 Å². The Morgan fingerprint density at radius 2 is 1.76 bits per heavy atom. The van der Waals surface area contributed by atoms with Gasteiger partial charge in [-0.05, 0) is 17.7 Å². The van der Waals surface area contributed by atoms with E-state index in [1.807, 2.05) is 0 Å². The Bertz CT molecular complexity index is 1060. The number of hydrogen-bond acceptors (Lipinski definition) is 4. The van der Waals surface area contributed by atoms with Crippen molar-refractivity contribution in [2.45, 2.75) is 12.5 Å². The fourth-order valence-electron chi connectivity index (χ4n) is 2.95. The fraction of sp³-hybridized carbons (Fsp3) is 0.143. The van der Waals surface area contributed by atoms with Gasteiger partial charge in [-0.15, -0.1) is 0 Å². The van der Waals surface area contributed by atoms with Crippen molar-refractivity contribution in [1.29, 1.82) is 0 Å². The number of Topliss-reactive ketones (excluding diaryl/α,β-unsaturated/α-hetero) is 1. The zero-order chi connectivity index (χ0) is 21.0. The van der Waals surface area contributed by atoms with Gasteiger partial charge in [0, 0.05) is 25.2 Å². The lowest BCUT2D eigenvalue weighted by Crippen LogP contribution is -2.45. The number of aliphatic carboxylic acids is 1. The molecule has 29 heavy (non-hydrogen) atoms. The zero-order valence-electron chi connectivity index (χ0n) is 15.5.